The molecule has 0 heterocycles. The van der Waals surface area contributed by atoms with Crippen molar-refractivity contribution in [1.82, 2.24) is 10.6 Å². The number of benzene rings is 2. The van der Waals surface area contributed by atoms with Crippen LogP contribution in [0.1, 0.15) is 25.0 Å². The second kappa shape index (κ2) is 9.46. The molecule has 0 saturated carbocycles. The highest BCUT2D eigenvalue weighted by Gasteiger charge is 2.13. The third-order valence-electron chi connectivity index (χ3n) is 3.74. The maximum atomic E-state index is 12.0. The minimum Gasteiger partial charge on any atom is -0.493 e. The summed E-state index contributed by atoms with van der Waals surface area (Å²) in [5, 5.41) is 5.33. The minimum absolute atomic E-state index is 0.241. The molecule has 0 aliphatic carbocycles. The largest absolute Gasteiger partial charge is 0.493 e. The van der Waals surface area contributed by atoms with Gasteiger partial charge in [-0.25, -0.2) is 0 Å². The first kappa shape index (κ1) is 19.3. The van der Waals surface area contributed by atoms with E-state index < -0.39 is 6.04 Å². The Hall–Kier alpha value is -3.02. The Morgan fingerprint density at radius 3 is 2.42 bits per heavy atom. The van der Waals surface area contributed by atoms with E-state index in [0.717, 1.165) is 11.1 Å². The lowest BCUT2D eigenvalue weighted by Crippen LogP contribution is -2.43. The lowest BCUT2D eigenvalue weighted by Gasteiger charge is -2.15. The summed E-state index contributed by atoms with van der Waals surface area (Å²) in [7, 11) is 1.58. The Balaban J connectivity index is 1.95. The van der Waals surface area contributed by atoms with Gasteiger partial charge in [0.2, 0.25) is 11.8 Å². The normalized spacial score (nSPS) is 11.3. The van der Waals surface area contributed by atoms with Crippen molar-refractivity contribution in [2.75, 3.05) is 7.11 Å². The number of carbonyl (C=O) groups is 2. The summed E-state index contributed by atoms with van der Waals surface area (Å²) in [5.41, 5.74) is 1.94. The Morgan fingerprint density at radius 1 is 1.04 bits per heavy atom. The summed E-state index contributed by atoms with van der Waals surface area (Å²) in [6.45, 7) is 3.79. The molecule has 6 nitrogen and oxygen atoms in total. The standard InChI is InChI=1S/C20H24N2O4/c1-14(22-15(2)23)20(24)21-12-17-9-10-18(19(11-17)25-3)26-13-16-7-5-4-6-8-16/h4-11,14H,12-13H2,1-3H3,(H,21,24)(H,22,23). The highest BCUT2D eigenvalue weighted by molar-refractivity contribution is 5.86. The van der Waals surface area contributed by atoms with Crippen LogP contribution in [-0.2, 0) is 22.7 Å². The molecule has 0 saturated heterocycles. The van der Waals surface area contributed by atoms with E-state index in [1.807, 2.05) is 48.5 Å². The Labute approximate surface area is 153 Å². The van der Waals surface area contributed by atoms with Gasteiger partial charge in [-0.05, 0) is 30.2 Å². The predicted octanol–water partition coefficient (Wildman–Crippen LogP) is 2.41. The van der Waals surface area contributed by atoms with Gasteiger partial charge in [0.1, 0.15) is 12.6 Å². The van der Waals surface area contributed by atoms with Crippen LogP contribution < -0.4 is 20.1 Å². The molecule has 0 aliphatic rings. The van der Waals surface area contributed by atoms with Gasteiger partial charge in [-0.2, -0.15) is 0 Å². The molecule has 2 N–H and O–H groups in total. The van der Waals surface area contributed by atoms with Crippen LogP contribution in [0.4, 0.5) is 0 Å². The molecule has 2 aromatic carbocycles. The first-order valence-corrected chi connectivity index (χ1v) is 8.38. The highest BCUT2D eigenvalue weighted by Crippen LogP contribution is 2.28. The van der Waals surface area contributed by atoms with Crippen LogP contribution in [0.5, 0.6) is 11.5 Å². The molecule has 6 heteroatoms. The molecule has 0 bridgehead atoms. The van der Waals surface area contributed by atoms with Crippen molar-refractivity contribution in [3.63, 3.8) is 0 Å². The van der Waals surface area contributed by atoms with Crippen molar-refractivity contribution in [3.8, 4) is 11.5 Å². The number of carbonyl (C=O) groups excluding carboxylic acids is 2. The summed E-state index contributed by atoms with van der Waals surface area (Å²) in [6.07, 6.45) is 0. The summed E-state index contributed by atoms with van der Waals surface area (Å²) in [5.74, 6) is 0.749. The first-order valence-electron chi connectivity index (χ1n) is 8.38. The molecule has 2 aromatic rings. The molecule has 0 aromatic heterocycles. The van der Waals surface area contributed by atoms with Gasteiger partial charge in [0, 0.05) is 13.5 Å². The third-order valence-corrected chi connectivity index (χ3v) is 3.74. The fraction of sp³-hybridized carbons (Fsp3) is 0.300. The maximum absolute atomic E-state index is 12.0. The third kappa shape index (κ3) is 5.81. The predicted molar refractivity (Wildman–Crippen MR) is 98.9 cm³/mol. The van der Waals surface area contributed by atoms with Gasteiger partial charge in [0.25, 0.3) is 0 Å². The number of amides is 2. The number of methoxy groups -OCH3 is 1. The monoisotopic (exact) mass is 356 g/mol. The number of hydrogen-bond donors (Lipinski definition) is 2. The van der Waals surface area contributed by atoms with E-state index in [4.69, 9.17) is 9.47 Å². The van der Waals surface area contributed by atoms with Crippen molar-refractivity contribution in [1.29, 1.82) is 0 Å². The molecule has 0 fully saturated rings. The van der Waals surface area contributed by atoms with Crippen molar-refractivity contribution in [2.45, 2.75) is 33.0 Å². The second-order valence-corrected chi connectivity index (χ2v) is 5.90. The van der Waals surface area contributed by atoms with Crippen molar-refractivity contribution in [3.05, 3.63) is 59.7 Å². The molecular weight excluding hydrogens is 332 g/mol. The molecule has 0 radical (unpaired) electrons. The molecule has 26 heavy (non-hydrogen) atoms. The van der Waals surface area contributed by atoms with E-state index in [-0.39, 0.29) is 11.8 Å². The maximum Gasteiger partial charge on any atom is 0.242 e. The number of nitrogens with one attached hydrogen (secondary N) is 2. The first-order chi connectivity index (χ1) is 12.5. The molecule has 0 aliphatic heterocycles. The van der Waals surface area contributed by atoms with E-state index in [0.29, 0.717) is 24.7 Å². The molecule has 2 amide bonds. The summed E-state index contributed by atoms with van der Waals surface area (Å²) >= 11 is 0. The molecule has 2 rings (SSSR count). The van der Waals surface area contributed by atoms with Gasteiger partial charge in [-0.15, -0.1) is 0 Å². The lowest BCUT2D eigenvalue weighted by atomic mass is 10.2. The van der Waals surface area contributed by atoms with Crippen molar-refractivity contribution in [2.24, 2.45) is 0 Å². The fourth-order valence-electron chi connectivity index (χ4n) is 2.39. The molecule has 1 unspecified atom stereocenters. The average Bonchev–Trinajstić information content (AvgIpc) is 2.64. The van der Waals surface area contributed by atoms with Crippen LogP contribution in [-0.4, -0.2) is 25.0 Å². The van der Waals surface area contributed by atoms with Gasteiger partial charge in [-0.1, -0.05) is 36.4 Å². The quantitative estimate of drug-likeness (QED) is 0.762. The van der Waals surface area contributed by atoms with Crippen LogP contribution in [0.2, 0.25) is 0 Å². The topological polar surface area (TPSA) is 76.7 Å². The molecule has 0 spiro atoms. The van der Waals surface area contributed by atoms with Crippen LogP contribution >= 0.6 is 0 Å². The van der Waals surface area contributed by atoms with Crippen LogP contribution in [0.25, 0.3) is 0 Å². The second-order valence-electron chi connectivity index (χ2n) is 5.90. The van der Waals surface area contributed by atoms with E-state index >= 15 is 0 Å². The average molecular weight is 356 g/mol. The SMILES string of the molecule is COc1cc(CNC(=O)C(C)NC(C)=O)ccc1OCc1ccccc1. The number of ether oxygens (including phenoxy) is 2. The van der Waals surface area contributed by atoms with Gasteiger partial charge >= 0.3 is 0 Å². The summed E-state index contributed by atoms with van der Waals surface area (Å²) < 4.78 is 11.2. The van der Waals surface area contributed by atoms with Gasteiger partial charge < -0.3 is 20.1 Å². The van der Waals surface area contributed by atoms with Crippen LogP contribution in [0.15, 0.2) is 48.5 Å². The zero-order valence-electron chi connectivity index (χ0n) is 15.2. The van der Waals surface area contributed by atoms with Crippen molar-refractivity contribution < 1.29 is 19.1 Å². The highest BCUT2D eigenvalue weighted by atomic mass is 16.5. The molecular formula is C20H24N2O4. The van der Waals surface area contributed by atoms with Crippen LogP contribution in [0.3, 0.4) is 0 Å². The van der Waals surface area contributed by atoms with Crippen molar-refractivity contribution >= 4 is 11.8 Å². The van der Waals surface area contributed by atoms with E-state index in [2.05, 4.69) is 10.6 Å². The minimum atomic E-state index is -0.581. The van der Waals surface area contributed by atoms with Gasteiger partial charge in [-0.3, -0.25) is 9.59 Å². The fourth-order valence-corrected chi connectivity index (χ4v) is 2.39. The van der Waals surface area contributed by atoms with E-state index in [1.165, 1.54) is 6.92 Å². The lowest BCUT2D eigenvalue weighted by molar-refractivity contribution is -0.127. The zero-order chi connectivity index (χ0) is 18.9. The zero-order valence-corrected chi connectivity index (χ0v) is 15.2. The summed E-state index contributed by atoms with van der Waals surface area (Å²) in [6, 6.07) is 14.8. The Kier molecular flexibility index (Phi) is 7.02. The van der Waals surface area contributed by atoms with Crippen LogP contribution in [0, 0.1) is 0 Å². The Bertz CT molecular complexity index is 747. The Morgan fingerprint density at radius 2 is 1.77 bits per heavy atom. The number of hydrogen-bond acceptors (Lipinski definition) is 4. The molecule has 138 valence electrons. The van der Waals surface area contributed by atoms with Gasteiger partial charge in [0.05, 0.1) is 7.11 Å². The van der Waals surface area contributed by atoms with E-state index in [1.54, 1.807) is 14.0 Å². The summed E-state index contributed by atoms with van der Waals surface area (Å²) in [4.78, 5) is 22.9. The smallest absolute Gasteiger partial charge is 0.242 e. The number of rotatable bonds is 8. The van der Waals surface area contributed by atoms with Gasteiger partial charge in [0.15, 0.2) is 11.5 Å². The van der Waals surface area contributed by atoms with E-state index in [9.17, 15) is 9.59 Å². The molecule has 1 atom stereocenters.